The van der Waals surface area contributed by atoms with Crippen LogP contribution in [-0.4, -0.2) is 21.5 Å². The molecule has 3 amide bonds. The fraction of sp³-hybridized carbons (Fsp3) is 0.0833. The van der Waals surface area contributed by atoms with E-state index in [1.807, 2.05) is 24.3 Å². The van der Waals surface area contributed by atoms with E-state index in [9.17, 15) is 14.4 Å². The van der Waals surface area contributed by atoms with Crippen LogP contribution in [-0.2, 0) is 11.3 Å². The molecule has 8 heteroatoms. The van der Waals surface area contributed by atoms with Crippen molar-refractivity contribution in [3.8, 4) is 0 Å². The number of carbonyl (C=O) groups excluding carboxylic acids is 2. The molecule has 32 heavy (non-hydrogen) atoms. The van der Waals surface area contributed by atoms with Crippen molar-refractivity contribution in [3.05, 3.63) is 95.5 Å². The summed E-state index contributed by atoms with van der Waals surface area (Å²) < 4.78 is 1.42. The molecule has 8 nitrogen and oxygen atoms in total. The van der Waals surface area contributed by atoms with Crippen molar-refractivity contribution < 1.29 is 9.59 Å². The van der Waals surface area contributed by atoms with E-state index in [1.165, 1.54) is 10.9 Å². The summed E-state index contributed by atoms with van der Waals surface area (Å²) in [6.45, 7) is 0.208. The predicted molar refractivity (Wildman–Crippen MR) is 125 cm³/mol. The second-order valence-electron chi connectivity index (χ2n) is 7.08. The van der Waals surface area contributed by atoms with Crippen LogP contribution in [0.1, 0.15) is 6.42 Å². The number of para-hydroxylation sites is 2. The maximum Gasteiger partial charge on any atom is 0.323 e. The van der Waals surface area contributed by atoms with Crippen molar-refractivity contribution in [2.45, 2.75) is 13.0 Å². The summed E-state index contributed by atoms with van der Waals surface area (Å²) >= 11 is 0. The first-order valence-corrected chi connectivity index (χ1v) is 10.1. The number of aryl methyl sites for hydroxylation is 1. The molecule has 0 radical (unpaired) electrons. The highest BCUT2D eigenvalue weighted by Crippen LogP contribution is 2.16. The van der Waals surface area contributed by atoms with Crippen molar-refractivity contribution in [3.63, 3.8) is 0 Å². The van der Waals surface area contributed by atoms with Crippen molar-refractivity contribution in [1.82, 2.24) is 9.55 Å². The summed E-state index contributed by atoms with van der Waals surface area (Å²) in [4.78, 5) is 41.3. The van der Waals surface area contributed by atoms with Crippen LogP contribution in [0.2, 0.25) is 0 Å². The Balaban J connectivity index is 1.34. The van der Waals surface area contributed by atoms with Crippen LogP contribution in [0.3, 0.4) is 0 Å². The number of urea groups is 1. The number of fused-ring (bicyclic) bond motifs is 1. The van der Waals surface area contributed by atoms with E-state index in [-0.39, 0.29) is 30.5 Å². The van der Waals surface area contributed by atoms with E-state index >= 15 is 0 Å². The highest BCUT2D eigenvalue weighted by molar-refractivity contribution is 6.00. The molecule has 0 unspecified atom stereocenters. The van der Waals surface area contributed by atoms with Crippen LogP contribution in [0.5, 0.6) is 0 Å². The zero-order chi connectivity index (χ0) is 22.3. The SMILES string of the molecule is O=C(CCn1cnc2ccccc2c1=O)Nc1cccc(NC(=O)Nc2ccccc2)c1. The van der Waals surface area contributed by atoms with E-state index in [4.69, 9.17) is 0 Å². The minimum absolute atomic E-state index is 0.103. The maximum atomic E-state index is 12.5. The zero-order valence-corrected chi connectivity index (χ0v) is 17.1. The van der Waals surface area contributed by atoms with Gasteiger partial charge in [-0.1, -0.05) is 36.4 Å². The van der Waals surface area contributed by atoms with Gasteiger partial charge in [0.1, 0.15) is 0 Å². The van der Waals surface area contributed by atoms with Crippen LogP contribution in [0.25, 0.3) is 10.9 Å². The minimum atomic E-state index is -0.386. The smallest absolute Gasteiger partial charge is 0.323 e. The molecule has 0 fully saturated rings. The number of amides is 3. The summed E-state index contributed by atoms with van der Waals surface area (Å²) in [6.07, 6.45) is 1.56. The average molecular weight is 427 g/mol. The van der Waals surface area contributed by atoms with Crippen molar-refractivity contribution >= 4 is 39.9 Å². The highest BCUT2D eigenvalue weighted by Gasteiger charge is 2.08. The molecule has 1 aromatic heterocycles. The van der Waals surface area contributed by atoms with E-state index in [2.05, 4.69) is 20.9 Å². The standard InChI is InChI=1S/C24H21N5O3/c30-22(13-14-29-16-25-21-12-5-4-11-20(21)23(29)31)26-18-9-6-10-19(15-18)28-24(32)27-17-7-2-1-3-8-17/h1-12,15-16H,13-14H2,(H,26,30)(H2,27,28,32). The van der Waals surface area contributed by atoms with Crippen LogP contribution in [0.4, 0.5) is 21.9 Å². The third-order valence-electron chi connectivity index (χ3n) is 4.75. The summed E-state index contributed by atoms with van der Waals surface area (Å²) in [5.74, 6) is -0.254. The van der Waals surface area contributed by atoms with Crippen molar-refractivity contribution in [2.75, 3.05) is 16.0 Å². The second kappa shape index (κ2) is 9.57. The van der Waals surface area contributed by atoms with Gasteiger partial charge in [0.15, 0.2) is 0 Å². The number of hydrogen-bond donors (Lipinski definition) is 3. The molecule has 0 saturated heterocycles. The molecule has 4 rings (SSSR count). The lowest BCUT2D eigenvalue weighted by molar-refractivity contribution is -0.116. The Kier molecular flexibility index (Phi) is 6.22. The second-order valence-corrected chi connectivity index (χ2v) is 7.08. The normalized spacial score (nSPS) is 10.5. The molecular formula is C24H21N5O3. The van der Waals surface area contributed by atoms with E-state index in [1.54, 1.807) is 54.6 Å². The van der Waals surface area contributed by atoms with Gasteiger partial charge in [0.25, 0.3) is 5.56 Å². The average Bonchev–Trinajstić information content (AvgIpc) is 2.79. The molecule has 3 aromatic carbocycles. The van der Waals surface area contributed by atoms with Crippen LogP contribution >= 0.6 is 0 Å². The Hall–Kier alpha value is -4.46. The van der Waals surface area contributed by atoms with Crippen LogP contribution < -0.4 is 21.5 Å². The van der Waals surface area contributed by atoms with E-state index < -0.39 is 0 Å². The maximum absolute atomic E-state index is 12.5. The molecular weight excluding hydrogens is 406 g/mol. The summed E-state index contributed by atoms with van der Waals surface area (Å²) in [7, 11) is 0. The Morgan fingerprint density at radius 1 is 0.781 bits per heavy atom. The first-order valence-electron chi connectivity index (χ1n) is 10.1. The largest absolute Gasteiger partial charge is 0.326 e. The first kappa shape index (κ1) is 20.8. The number of nitrogens with zero attached hydrogens (tertiary/aromatic N) is 2. The predicted octanol–water partition coefficient (Wildman–Crippen LogP) is 4.07. The lowest BCUT2D eigenvalue weighted by Gasteiger charge is -2.10. The molecule has 3 N–H and O–H groups in total. The van der Waals surface area contributed by atoms with Crippen molar-refractivity contribution in [1.29, 1.82) is 0 Å². The van der Waals surface area contributed by atoms with Crippen molar-refractivity contribution in [2.24, 2.45) is 0 Å². The number of rotatable bonds is 6. The van der Waals surface area contributed by atoms with Gasteiger partial charge in [-0.2, -0.15) is 0 Å². The van der Waals surface area contributed by atoms with Gasteiger partial charge in [-0.05, 0) is 42.5 Å². The molecule has 0 spiro atoms. The van der Waals surface area contributed by atoms with Gasteiger partial charge in [0.05, 0.1) is 17.2 Å². The van der Waals surface area contributed by atoms with Gasteiger partial charge in [-0.15, -0.1) is 0 Å². The molecule has 4 aromatic rings. The number of hydrogen-bond acceptors (Lipinski definition) is 4. The van der Waals surface area contributed by atoms with Gasteiger partial charge >= 0.3 is 6.03 Å². The lowest BCUT2D eigenvalue weighted by atomic mass is 10.2. The van der Waals surface area contributed by atoms with Gasteiger partial charge in [0, 0.05) is 30.0 Å². The Bertz CT molecular complexity index is 1320. The topological polar surface area (TPSA) is 105 Å². The molecule has 0 bridgehead atoms. The van der Waals surface area contributed by atoms with Gasteiger partial charge in [-0.25, -0.2) is 9.78 Å². The fourth-order valence-electron chi connectivity index (χ4n) is 3.20. The molecule has 0 aliphatic rings. The Labute approximate surface area is 183 Å². The minimum Gasteiger partial charge on any atom is -0.326 e. The number of aromatic nitrogens is 2. The molecule has 0 aliphatic carbocycles. The third-order valence-corrected chi connectivity index (χ3v) is 4.75. The van der Waals surface area contributed by atoms with E-state index in [0.29, 0.717) is 28.0 Å². The number of anilines is 3. The third kappa shape index (κ3) is 5.17. The van der Waals surface area contributed by atoms with Gasteiger partial charge in [0.2, 0.25) is 5.91 Å². The molecule has 0 atom stereocenters. The van der Waals surface area contributed by atoms with Crippen LogP contribution in [0, 0.1) is 0 Å². The van der Waals surface area contributed by atoms with Crippen LogP contribution in [0.15, 0.2) is 90.0 Å². The van der Waals surface area contributed by atoms with E-state index in [0.717, 1.165) is 0 Å². The van der Waals surface area contributed by atoms with Gasteiger partial charge < -0.3 is 16.0 Å². The molecule has 1 heterocycles. The zero-order valence-electron chi connectivity index (χ0n) is 17.1. The number of carbonyl (C=O) groups is 2. The Morgan fingerprint density at radius 2 is 1.44 bits per heavy atom. The fourth-order valence-corrected chi connectivity index (χ4v) is 3.20. The number of benzene rings is 3. The summed E-state index contributed by atoms with van der Waals surface area (Å²) in [6, 6.07) is 22.6. The van der Waals surface area contributed by atoms with Gasteiger partial charge in [-0.3, -0.25) is 14.2 Å². The monoisotopic (exact) mass is 427 g/mol. The Morgan fingerprint density at radius 3 is 2.25 bits per heavy atom. The quantitative estimate of drug-likeness (QED) is 0.431. The molecule has 160 valence electrons. The number of nitrogens with one attached hydrogen (secondary N) is 3. The molecule has 0 aliphatic heterocycles. The highest BCUT2D eigenvalue weighted by atomic mass is 16.2. The summed E-state index contributed by atoms with van der Waals surface area (Å²) in [5, 5.41) is 8.77. The summed E-state index contributed by atoms with van der Waals surface area (Å²) in [5.41, 5.74) is 2.19. The lowest BCUT2D eigenvalue weighted by Crippen LogP contribution is -2.23. The first-order chi connectivity index (χ1) is 15.6. The molecule has 0 saturated carbocycles.